The number of carboxylic acid groups (broad SMARTS) is 1. The van der Waals surface area contributed by atoms with Gasteiger partial charge in [-0.25, -0.2) is 9.78 Å². The maximum absolute atomic E-state index is 12.6. The molecule has 2 heterocycles. The van der Waals surface area contributed by atoms with E-state index in [-0.39, 0.29) is 0 Å². The number of aliphatic carboxylic acids is 1. The van der Waals surface area contributed by atoms with Gasteiger partial charge in [0.05, 0.1) is 11.3 Å². The van der Waals surface area contributed by atoms with Gasteiger partial charge in [-0.1, -0.05) is 19.1 Å². The molecule has 0 aliphatic heterocycles. The van der Waals surface area contributed by atoms with Crippen LogP contribution in [-0.2, 0) is 9.59 Å². The zero-order chi connectivity index (χ0) is 16.4. The van der Waals surface area contributed by atoms with Gasteiger partial charge in [0.1, 0.15) is 5.52 Å². The molecule has 23 heavy (non-hydrogen) atoms. The molecular weight excluding hydrogens is 300 g/mol. The Hall–Kier alpha value is -2.77. The standard InChI is InChI=1S/C15H16N4O4/c1-2-15(14(21)22)8-4-3-6-10(15)13(20)23-19-12-11(17-18-19)7-5-9-16-12/h3-5,7,9-10H,2,6,8H2,1H3,(H,21,22)/t10-,15-/m0/s1. The molecule has 0 aromatic carbocycles. The van der Waals surface area contributed by atoms with Gasteiger partial charge in [0.2, 0.25) is 5.65 Å². The Morgan fingerprint density at radius 1 is 1.48 bits per heavy atom. The number of aromatic nitrogens is 4. The number of carbonyl (C=O) groups is 2. The second-order valence-electron chi connectivity index (χ2n) is 5.50. The lowest BCUT2D eigenvalue weighted by atomic mass is 9.67. The average molecular weight is 316 g/mol. The summed E-state index contributed by atoms with van der Waals surface area (Å²) in [5.74, 6) is -2.41. The Balaban J connectivity index is 1.90. The highest BCUT2D eigenvalue weighted by molar-refractivity contribution is 5.85. The van der Waals surface area contributed by atoms with Gasteiger partial charge in [0.25, 0.3) is 0 Å². The molecule has 8 heteroatoms. The maximum Gasteiger partial charge on any atom is 0.339 e. The van der Waals surface area contributed by atoms with Crippen LogP contribution in [0.2, 0.25) is 0 Å². The van der Waals surface area contributed by atoms with Gasteiger partial charge in [0, 0.05) is 6.20 Å². The van der Waals surface area contributed by atoms with Crippen LogP contribution in [0.5, 0.6) is 0 Å². The highest BCUT2D eigenvalue weighted by Crippen LogP contribution is 2.41. The van der Waals surface area contributed by atoms with Gasteiger partial charge in [-0.3, -0.25) is 4.79 Å². The summed E-state index contributed by atoms with van der Waals surface area (Å²) in [4.78, 5) is 34.6. The molecule has 0 unspecified atom stereocenters. The molecule has 0 saturated heterocycles. The summed E-state index contributed by atoms with van der Waals surface area (Å²) in [6.45, 7) is 1.76. The fourth-order valence-electron chi connectivity index (χ4n) is 2.95. The van der Waals surface area contributed by atoms with Crippen LogP contribution in [0.1, 0.15) is 26.2 Å². The molecule has 1 aliphatic carbocycles. The number of allylic oxidation sites excluding steroid dienone is 2. The quantitative estimate of drug-likeness (QED) is 0.667. The van der Waals surface area contributed by atoms with Gasteiger partial charge in [-0.15, -0.1) is 5.10 Å². The average Bonchev–Trinajstić information content (AvgIpc) is 2.97. The lowest BCUT2D eigenvalue weighted by molar-refractivity contribution is -0.167. The van der Waals surface area contributed by atoms with Crippen LogP contribution in [0, 0.1) is 11.3 Å². The van der Waals surface area contributed by atoms with Crippen LogP contribution in [0.3, 0.4) is 0 Å². The van der Waals surface area contributed by atoms with Crippen LogP contribution in [-0.4, -0.2) is 37.2 Å². The second-order valence-corrected chi connectivity index (χ2v) is 5.50. The first-order valence-electron chi connectivity index (χ1n) is 7.35. The lowest BCUT2D eigenvalue weighted by Crippen LogP contribution is -2.46. The van der Waals surface area contributed by atoms with Gasteiger partial charge in [0.15, 0.2) is 0 Å². The van der Waals surface area contributed by atoms with E-state index in [9.17, 15) is 14.7 Å². The third-order valence-corrected chi connectivity index (χ3v) is 4.39. The molecule has 3 rings (SSSR count). The van der Waals surface area contributed by atoms with Crippen molar-refractivity contribution in [2.45, 2.75) is 26.2 Å². The van der Waals surface area contributed by atoms with Crippen molar-refractivity contribution in [3.63, 3.8) is 0 Å². The van der Waals surface area contributed by atoms with Crippen molar-refractivity contribution < 1.29 is 19.5 Å². The molecule has 0 saturated carbocycles. The highest BCUT2D eigenvalue weighted by atomic mass is 16.7. The summed E-state index contributed by atoms with van der Waals surface area (Å²) < 4.78 is 0. The third kappa shape index (κ3) is 2.45. The first-order valence-corrected chi connectivity index (χ1v) is 7.35. The minimum absolute atomic E-state index is 0.301. The number of rotatable bonds is 4. The summed E-state index contributed by atoms with van der Waals surface area (Å²) >= 11 is 0. The van der Waals surface area contributed by atoms with Gasteiger partial charge < -0.3 is 9.94 Å². The van der Waals surface area contributed by atoms with Crippen molar-refractivity contribution in [1.82, 2.24) is 20.1 Å². The molecule has 2 atom stereocenters. The molecule has 8 nitrogen and oxygen atoms in total. The smallest absolute Gasteiger partial charge is 0.339 e. The Bertz CT molecular complexity index is 785. The fraction of sp³-hybridized carbons (Fsp3) is 0.400. The minimum atomic E-state index is -1.16. The first kappa shape index (κ1) is 15.1. The molecule has 0 bridgehead atoms. The topological polar surface area (TPSA) is 107 Å². The zero-order valence-corrected chi connectivity index (χ0v) is 12.5. The molecule has 0 radical (unpaired) electrons. The summed E-state index contributed by atoms with van der Waals surface area (Å²) in [7, 11) is 0. The number of carboxylic acids is 1. The molecule has 1 aliphatic rings. The second kappa shape index (κ2) is 5.79. The summed E-state index contributed by atoms with van der Waals surface area (Å²) in [5.41, 5.74) is -0.358. The van der Waals surface area contributed by atoms with Crippen LogP contribution >= 0.6 is 0 Å². The van der Waals surface area contributed by atoms with Crippen LogP contribution in [0.4, 0.5) is 0 Å². The normalized spacial score (nSPS) is 23.8. The van der Waals surface area contributed by atoms with E-state index < -0.39 is 23.3 Å². The molecule has 120 valence electrons. The first-order chi connectivity index (χ1) is 11.1. The van der Waals surface area contributed by atoms with Crippen molar-refractivity contribution in [1.29, 1.82) is 0 Å². The summed E-state index contributed by atoms with van der Waals surface area (Å²) in [6, 6.07) is 3.39. The summed E-state index contributed by atoms with van der Waals surface area (Å²) in [5, 5.41) is 17.2. The SMILES string of the molecule is CC[C@]1(C(=O)O)CC=CC[C@H]1C(=O)On1nnc2cccnc21. The van der Waals surface area contributed by atoms with Crippen LogP contribution in [0.15, 0.2) is 30.5 Å². The van der Waals surface area contributed by atoms with Crippen molar-refractivity contribution in [3.05, 3.63) is 30.5 Å². The van der Waals surface area contributed by atoms with E-state index in [1.165, 1.54) is 6.20 Å². The van der Waals surface area contributed by atoms with E-state index in [2.05, 4.69) is 15.3 Å². The van der Waals surface area contributed by atoms with Gasteiger partial charge >= 0.3 is 11.9 Å². The van der Waals surface area contributed by atoms with Crippen molar-refractivity contribution >= 4 is 23.1 Å². The molecule has 0 amide bonds. The molecule has 2 aromatic rings. The molecule has 1 N–H and O–H groups in total. The number of pyridine rings is 1. The predicted octanol–water partition coefficient (Wildman–Crippen LogP) is 1.23. The Kier molecular flexibility index (Phi) is 3.81. The van der Waals surface area contributed by atoms with Crippen LogP contribution < -0.4 is 4.84 Å². The third-order valence-electron chi connectivity index (χ3n) is 4.39. The van der Waals surface area contributed by atoms with E-state index in [0.29, 0.717) is 30.4 Å². The molecular formula is C15H16N4O4. The fourth-order valence-corrected chi connectivity index (χ4v) is 2.95. The van der Waals surface area contributed by atoms with E-state index >= 15 is 0 Å². The highest BCUT2D eigenvalue weighted by Gasteiger charge is 2.49. The van der Waals surface area contributed by atoms with Crippen LogP contribution in [0.25, 0.3) is 11.2 Å². The maximum atomic E-state index is 12.6. The Morgan fingerprint density at radius 2 is 2.30 bits per heavy atom. The molecule has 2 aromatic heterocycles. The Morgan fingerprint density at radius 3 is 3.04 bits per heavy atom. The summed E-state index contributed by atoms with van der Waals surface area (Å²) in [6.07, 6.45) is 6.10. The number of fused-ring (bicyclic) bond motifs is 1. The minimum Gasteiger partial charge on any atom is -0.481 e. The number of carbonyl (C=O) groups excluding carboxylic acids is 1. The predicted molar refractivity (Wildman–Crippen MR) is 79.1 cm³/mol. The molecule has 0 spiro atoms. The largest absolute Gasteiger partial charge is 0.481 e. The van der Waals surface area contributed by atoms with E-state index in [1.807, 2.05) is 0 Å². The molecule has 0 fully saturated rings. The Labute approximate surface area is 131 Å². The van der Waals surface area contributed by atoms with Crippen molar-refractivity contribution in [3.8, 4) is 0 Å². The van der Waals surface area contributed by atoms with Crippen molar-refractivity contribution in [2.24, 2.45) is 11.3 Å². The number of nitrogens with zero attached hydrogens (tertiary/aromatic N) is 4. The van der Waals surface area contributed by atoms with Crippen molar-refractivity contribution in [2.75, 3.05) is 0 Å². The van der Waals surface area contributed by atoms with E-state index in [0.717, 1.165) is 4.85 Å². The van der Waals surface area contributed by atoms with Gasteiger partial charge in [-0.05, 0) is 41.5 Å². The van der Waals surface area contributed by atoms with E-state index in [4.69, 9.17) is 4.84 Å². The number of hydrogen-bond acceptors (Lipinski definition) is 6. The van der Waals surface area contributed by atoms with E-state index in [1.54, 1.807) is 31.2 Å². The number of hydrogen-bond donors (Lipinski definition) is 1. The zero-order valence-electron chi connectivity index (χ0n) is 12.5. The lowest BCUT2D eigenvalue weighted by Gasteiger charge is -2.35. The van der Waals surface area contributed by atoms with Gasteiger partial charge in [-0.2, -0.15) is 0 Å². The monoisotopic (exact) mass is 316 g/mol.